The molecular weight excluding hydrogens is 94.0 g/mol. The highest BCUT2D eigenvalue weighted by atomic mass is 16.6. The fourth-order valence-corrected chi connectivity index (χ4v) is 0.250. The van der Waals surface area contributed by atoms with E-state index in [4.69, 9.17) is 11.0 Å². The Morgan fingerprint density at radius 3 is 2.57 bits per heavy atom. The molecule has 44 valence electrons. The lowest BCUT2D eigenvalue weighted by atomic mass is 10.3. The second-order valence-corrected chi connectivity index (χ2v) is 1.46. The lowest BCUT2D eigenvalue weighted by Crippen LogP contribution is -2.14. The predicted molar refractivity (Wildman–Crippen MR) is 26.4 cm³/mol. The van der Waals surface area contributed by atoms with E-state index in [0.717, 1.165) is 0 Å². The summed E-state index contributed by atoms with van der Waals surface area (Å²) in [6, 6.07) is 0. The Balaban J connectivity index is 2.83. The van der Waals surface area contributed by atoms with Crippen LogP contribution in [0.5, 0.6) is 0 Å². The minimum Gasteiger partial charge on any atom is -0.396 e. The number of rotatable bonds is 3. The van der Waals surface area contributed by atoms with Gasteiger partial charge in [0.2, 0.25) is 0 Å². The Morgan fingerprint density at radius 1 is 1.86 bits per heavy atom. The third-order valence-electron chi connectivity index (χ3n) is 0.768. The molecule has 0 fully saturated rings. The van der Waals surface area contributed by atoms with Crippen molar-refractivity contribution in [1.82, 2.24) is 0 Å². The van der Waals surface area contributed by atoms with Crippen LogP contribution >= 0.6 is 0 Å². The molecule has 0 spiro atoms. The lowest BCUT2D eigenvalue weighted by molar-refractivity contribution is 0.0480. The Labute approximate surface area is 43.0 Å². The minimum atomic E-state index is -0.0231. The molecule has 0 saturated carbocycles. The van der Waals surface area contributed by atoms with E-state index in [9.17, 15) is 0 Å². The summed E-state index contributed by atoms with van der Waals surface area (Å²) in [5, 5.41) is 8.23. The van der Waals surface area contributed by atoms with Crippen molar-refractivity contribution < 1.29 is 9.94 Å². The maximum absolute atomic E-state index is 8.23. The van der Waals surface area contributed by atoms with Gasteiger partial charge in [0, 0.05) is 6.61 Å². The van der Waals surface area contributed by atoms with Gasteiger partial charge in [-0.3, -0.25) is 0 Å². The van der Waals surface area contributed by atoms with E-state index >= 15 is 0 Å². The van der Waals surface area contributed by atoms with Crippen LogP contribution in [0.25, 0.3) is 0 Å². The minimum absolute atomic E-state index is 0.0231. The van der Waals surface area contributed by atoms with E-state index in [1.54, 1.807) is 6.92 Å². The monoisotopic (exact) mass is 105 g/mol. The maximum atomic E-state index is 8.23. The predicted octanol–water partition coefficient (Wildman–Crippen LogP) is -0.352. The smallest absolute Gasteiger partial charge is 0.0781 e. The van der Waals surface area contributed by atoms with E-state index in [-0.39, 0.29) is 12.7 Å². The zero-order chi connectivity index (χ0) is 5.70. The van der Waals surface area contributed by atoms with Crippen LogP contribution in [0, 0.1) is 0 Å². The molecule has 3 nitrogen and oxygen atoms in total. The van der Waals surface area contributed by atoms with Crippen LogP contribution in [0.2, 0.25) is 0 Å². The number of hydrogen-bond acceptors (Lipinski definition) is 3. The van der Waals surface area contributed by atoms with Crippen molar-refractivity contribution >= 4 is 0 Å². The molecule has 0 aromatic heterocycles. The zero-order valence-electron chi connectivity index (χ0n) is 4.42. The zero-order valence-corrected chi connectivity index (χ0v) is 4.42. The van der Waals surface area contributed by atoms with E-state index in [0.29, 0.717) is 6.42 Å². The third-order valence-corrected chi connectivity index (χ3v) is 0.768. The molecule has 0 aliphatic rings. The summed E-state index contributed by atoms with van der Waals surface area (Å²) in [7, 11) is 0. The SMILES string of the molecule is C[C@H](CCO)ON. The summed E-state index contributed by atoms with van der Waals surface area (Å²) >= 11 is 0. The molecule has 0 rings (SSSR count). The van der Waals surface area contributed by atoms with Crippen LogP contribution in [0.1, 0.15) is 13.3 Å². The van der Waals surface area contributed by atoms with Crippen molar-refractivity contribution in [2.45, 2.75) is 19.4 Å². The molecule has 0 unspecified atom stereocenters. The molecule has 0 radical (unpaired) electrons. The third kappa shape index (κ3) is 3.72. The van der Waals surface area contributed by atoms with Crippen molar-refractivity contribution in [3.8, 4) is 0 Å². The topological polar surface area (TPSA) is 55.5 Å². The summed E-state index contributed by atoms with van der Waals surface area (Å²) in [6.45, 7) is 1.94. The van der Waals surface area contributed by atoms with Crippen LogP contribution in [-0.4, -0.2) is 17.8 Å². The lowest BCUT2D eigenvalue weighted by Gasteiger charge is -2.02. The summed E-state index contributed by atoms with van der Waals surface area (Å²) < 4.78 is 0. The van der Waals surface area contributed by atoms with Gasteiger partial charge in [-0.15, -0.1) is 0 Å². The second kappa shape index (κ2) is 4.05. The fourth-order valence-electron chi connectivity index (χ4n) is 0.250. The molecule has 0 aliphatic carbocycles. The van der Waals surface area contributed by atoms with E-state index in [1.807, 2.05) is 0 Å². The van der Waals surface area contributed by atoms with E-state index < -0.39 is 0 Å². The quantitative estimate of drug-likeness (QED) is 0.482. The Hall–Kier alpha value is -0.120. The van der Waals surface area contributed by atoms with Crippen LogP contribution in [0.3, 0.4) is 0 Å². The van der Waals surface area contributed by atoms with Crippen molar-refractivity contribution in [3.63, 3.8) is 0 Å². The van der Waals surface area contributed by atoms with Gasteiger partial charge in [0.05, 0.1) is 6.10 Å². The number of aliphatic hydroxyl groups is 1. The van der Waals surface area contributed by atoms with Crippen molar-refractivity contribution in [2.75, 3.05) is 6.61 Å². The Bertz CT molecular complexity index is 40.7. The molecule has 3 heteroatoms. The molecular formula is C4H11NO2. The van der Waals surface area contributed by atoms with Crippen LogP contribution in [0.15, 0.2) is 0 Å². The van der Waals surface area contributed by atoms with Gasteiger partial charge in [0.15, 0.2) is 0 Å². The molecule has 0 aromatic carbocycles. The molecule has 0 heterocycles. The fraction of sp³-hybridized carbons (Fsp3) is 1.00. The summed E-state index contributed by atoms with van der Waals surface area (Å²) in [5.41, 5.74) is 0. The van der Waals surface area contributed by atoms with E-state index in [2.05, 4.69) is 4.84 Å². The van der Waals surface area contributed by atoms with Gasteiger partial charge < -0.3 is 9.94 Å². The number of nitrogens with two attached hydrogens (primary N) is 1. The van der Waals surface area contributed by atoms with Gasteiger partial charge in [-0.05, 0) is 13.3 Å². The molecule has 1 atom stereocenters. The first kappa shape index (κ1) is 6.88. The molecule has 0 aromatic rings. The molecule has 3 N–H and O–H groups in total. The van der Waals surface area contributed by atoms with Gasteiger partial charge in [0.25, 0.3) is 0 Å². The normalized spacial score (nSPS) is 14.1. The average Bonchev–Trinajstić information content (AvgIpc) is 1.68. The molecule has 0 bridgehead atoms. The van der Waals surface area contributed by atoms with Gasteiger partial charge in [-0.2, -0.15) is 0 Å². The summed E-state index contributed by atoms with van der Waals surface area (Å²) in [5.74, 6) is 4.75. The maximum Gasteiger partial charge on any atom is 0.0781 e. The number of hydrogen-bond donors (Lipinski definition) is 2. The largest absolute Gasteiger partial charge is 0.396 e. The summed E-state index contributed by atoms with van der Waals surface area (Å²) in [6.07, 6.45) is 0.584. The molecule has 0 saturated heterocycles. The Kier molecular flexibility index (Phi) is 3.98. The standard InChI is InChI=1S/C4H11NO2/c1-4(7-5)2-3-6/h4,6H,2-3,5H2,1H3/t4-/m1/s1. The van der Waals surface area contributed by atoms with E-state index in [1.165, 1.54) is 0 Å². The van der Waals surface area contributed by atoms with Gasteiger partial charge >= 0.3 is 0 Å². The molecule has 7 heavy (non-hydrogen) atoms. The van der Waals surface area contributed by atoms with Crippen molar-refractivity contribution in [2.24, 2.45) is 5.90 Å². The van der Waals surface area contributed by atoms with Gasteiger partial charge in [-0.25, -0.2) is 5.90 Å². The molecule has 0 aliphatic heterocycles. The summed E-state index contributed by atoms with van der Waals surface area (Å²) in [4.78, 5) is 4.33. The first-order valence-corrected chi connectivity index (χ1v) is 2.27. The highest BCUT2D eigenvalue weighted by Crippen LogP contribution is 1.89. The van der Waals surface area contributed by atoms with Crippen molar-refractivity contribution in [3.05, 3.63) is 0 Å². The van der Waals surface area contributed by atoms with Gasteiger partial charge in [-0.1, -0.05) is 0 Å². The van der Waals surface area contributed by atoms with Crippen LogP contribution in [0.4, 0.5) is 0 Å². The average molecular weight is 105 g/mol. The highest BCUT2D eigenvalue weighted by molar-refractivity contribution is 4.43. The highest BCUT2D eigenvalue weighted by Gasteiger charge is 1.94. The first-order chi connectivity index (χ1) is 3.31. The van der Waals surface area contributed by atoms with Crippen LogP contribution in [-0.2, 0) is 4.84 Å². The van der Waals surface area contributed by atoms with Gasteiger partial charge in [0.1, 0.15) is 0 Å². The van der Waals surface area contributed by atoms with Crippen LogP contribution < -0.4 is 5.90 Å². The second-order valence-electron chi connectivity index (χ2n) is 1.46. The Morgan fingerprint density at radius 2 is 2.43 bits per heavy atom. The molecule has 0 amide bonds. The van der Waals surface area contributed by atoms with Crippen molar-refractivity contribution in [1.29, 1.82) is 0 Å². The number of aliphatic hydroxyl groups excluding tert-OH is 1. The first-order valence-electron chi connectivity index (χ1n) is 2.27.